The van der Waals surface area contributed by atoms with E-state index in [2.05, 4.69) is 20.4 Å². The lowest BCUT2D eigenvalue weighted by atomic mass is 10.3. The molecule has 0 radical (unpaired) electrons. The van der Waals surface area contributed by atoms with Crippen LogP contribution in [-0.4, -0.2) is 17.0 Å². The Morgan fingerprint density at radius 1 is 1.60 bits per heavy atom. The summed E-state index contributed by atoms with van der Waals surface area (Å²) in [7, 11) is 0. The molecule has 0 aliphatic heterocycles. The molecule has 60 valence electrons. The smallest absolute Gasteiger partial charge is 0.0198 e. The maximum Gasteiger partial charge on any atom is 0.0198 e. The van der Waals surface area contributed by atoms with Gasteiger partial charge in [0.2, 0.25) is 0 Å². The Morgan fingerprint density at radius 3 is 2.60 bits per heavy atom. The zero-order chi connectivity index (χ0) is 7.98. The quantitative estimate of drug-likeness (QED) is 0.621. The second-order valence-corrected chi connectivity index (χ2v) is 4.29. The van der Waals surface area contributed by atoms with E-state index in [1.807, 2.05) is 17.8 Å². The summed E-state index contributed by atoms with van der Waals surface area (Å²) in [6, 6.07) is 0. The van der Waals surface area contributed by atoms with Crippen molar-refractivity contribution in [2.45, 2.75) is 30.8 Å². The zero-order valence-electron chi connectivity index (χ0n) is 6.84. The van der Waals surface area contributed by atoms with Gasteiger partial charge in [-0.25, -0.2) is 0 Å². The van der Waals surface area contributed by atoms with Crippen LogP contribution >= 0.6 is 11.8 Å². The second kappa shape index (κ2) is 5.81. The highest BCUT2D eigenvalue weighted by Crippen LogP contribution is 2.19. The van der Waals surface area contributed by atoms with E-state index in [9.17, 15) is 0 Å². The van der Waals surface area contributed by atoms with Crippen LogP contribution in [-0.2, 0) is 0 Å². The van der Waals surface area contributed by atoms with Crippen LogP contribution in [0.1, 0.15) is 20.3 Å². The van der Waals surface area contributed by atoms with Crippen LogP contribution in [0.4, 0.5) is 0 Å². The van der Waals surface area contributed by atoms with Crippen LogP contribution in [0.2, 0.25) is 0 Å². The maximum atomic E-state index is 5.41. The number of rotatable bonds is 5. The lowest BCUT2D eigenvalue weighted by Gasteiger charge is -2.12. The van der Waals surface area contributed by atoms with Gasteiger partial charge >= 0.3 is 0 Å². The molecule has 0 heterocycles. The SMILES string of the molecule is C=CC(C)SC(C)CCN. The van der Waals surface area contributed by atoms with Crippen LogP contribution in [0.15, 0.2) is 12.7 Å². The highest BCUT2D eigenvalue weighted by Gasteiger charge is 2.03. The molecular weight excluding hydrogens is 142 g/mol. The summed E-state index contributed by atoms with van der Waals surface area (Å²) in [4.78, 5) is 0. The molecule has 0 fully saturated rings. The van der Waals surface area contributed by atoms with Crippen molar-refractivity contribution >= 4 is 11.8 Å². The van der Waals surface area contributed by atoms with Crippen LogP contribution in [0.3, 0.4) is 0 Å². The van der Waals surface area contributed by atoms with E-state index >= 15 is 0 Å². The summed E-state index contributed by atoms with van der Waals surface area (Å²) < 4.78 is 0. The van der Waals surface area contributed by atoms with Crippen molar-refractivity contribution in [3.63, 3.8) is 0 Å². The predicted octanol–water partition coefficient (Wildman–Crippen LogP) is 2.03. The van der Waals surface area contributed by atoms with Gasteiger partial charge in [0.15, 0.2) is 0 Å². The highest BCUT2D eigenvalue weighted by atomic mass is 32.2. The summed E-state index contributed by atoms with van der Waals surface area (Å²) in [6.07, 6.45) is 3.07. The molecule has 0 rings (SSSR count). The van der Waals surface area contributed by atoms with Crippen molar-refractivity contribution in [2.24, 2.45) is 5.73 Å². The number of hydrogen-bond acceptors (Lipinski definition) is 2. The van der Waals surface area contributed by atoms with E-state index in [-0.39, 0.29) is 0 Å². The van der Waals surface area contributed by atoms with E-state index < -0.39 is 0 Å². The molecule has 0 aromatic rings. The van der Waals surface area contributed by atoms with Crippen molar-refractivity contribution in [3.05, 3.63) is 12.7 Å². The highest BCUT2D eigenvalue weighted by molar-refractivity contribution is 8.00. The first-order chi connectivity index (χ1) is 4.70. The molecule has 2 unspecified atom stereocenters. The minimum absolute atomic E-state index is 0.557. The fraction of sp³-hybridized carbons (Fsp3) is 0.750. The Kier molecular flexibility index (Phi) is 5.84. The van der Waals surface area contributed by atoms with Gasteiger partial charge in [-0.3, -0.25) is 0 Å². The lowest BCUT2D eigenvalue weighted by molar-refractivity contribution is 0.821. The van der Waals surface area contributed by atoms with Gasteiger partial charge < -0.3 is 5.73 Å². The fourth-order valence-electron chi connectivity index (χ4n) is 0.725. The third kappa shape index (κ3) is 4.89. The van der Waals surface area contributed by atoms with E-state index in [0.717, 1.165) is 13.0 Å². The van der Waals surface area contributed by atoms with Crippen LogP contribution < -0.4 is 5.73 Å². The molecule has 0 spiro atoms. The number of nitrogens with two attached hydrogens (primary N) is 1. The number of hydrogen-bond donors (Lipinski definition) is 1. The van der Waals surface area contributed by atoms with E-state index in [1.165, 1.54) is 0 Å². The van der Waals surface area contributed by atoms with Gasteiger partial charge in [-0.15, -0.1) is 6.58 Å². The number of thioether (sulfide) groups is 1. The van der Waals surface area contributed by atoms with Crippen LogP contribution in [0.25, 0.3) is 0 Å². The Bertz CT molecular complexity index is 93.3. The normalized spacial score (nSPS) is 16.3. The summed E-state index contributed by atoms with van der Waals surface area (Å²) in [5.41, 5.74) is 5.41. The topological polar surface area (TPSA) is 26.0 Å². The molecule has 0 bridgehead atoms. The Morgan fingerprint density at radius 2 is 2.20 bits per heavy atom. The standard InChI is InChI=1S/C8H17NS/c1-4-7(2)10-8(3)5-6-9/h4,7-8H,1,5-6,9H2,2-3H3. The van der Waals surface area contributed by atoms with Gasteiger partial charge in [0.1, 0.15) is 0 Å². The van der Waals surface area contributed by atoms with Gasteiger partial charge in [-0.05, 0) is 19.9 Å². The summed E-state index contributed by atoms with van der Waals surface area (Å²) in [5.74, 6) is 0. The first-order valence-electron chi connectivity index (χ1n) is 3.68. The van der Waals surface area contributed by atoms with Crippen molar-refractivity contribution in [1.29, 1.82) is 0 Å². The van der Waals surface area contributed by atoms with E-state index in [1.54, 1.807) is 0 Å². The van der Waals surface area contributed by atoms with Crippen LogP contribution in [0, 0.1) is 0 Å². The molecule has 2 atom stereocenters. The van der Waals surface area contributed by atoms with Gasteiger partial charge in [-0.2, -0.15) is 11.8 Å². The summed E-state index contributed by atoms with van der Waals surface area (Å²) >= 11 is 1.93. The average molecular weight is 159 g/mol. The minimum Gasteiger partial charge on any atom is -0.330 e. The lowest BCUT2D eigenvalue weighted by Crippen LogP contribution is -2.09. The molecule has 0 aliphatic carbocycles. The molecule has 0 aliphatic rings. The third-order valence-electron chi connectivity index (χ3n) is 1.35. The molecule has 10 heavy (non-hydrogen) atoms. The van der Waals surface area contributed by atoms with Crippen molar-refractivity contribution in [1.82, 2.24) is 0 Å². The molecule has 2 heteroatoms. The monoisotopic (exact) mass is 159 g/mol. The van der Waals surface area contributed by atoms with Gasteiger partial charge in [0, 0.05) is 10.5 Å². The summed E-state index contributed by atoms with van der Waals surface area (Å²) in [5, 5.41) is 1.22. The molecular formula is C8H17NS. The molecule has 0 saturated carbocycles. The van der Waals surface area contributed by atoms with Crippen molar-refractivity contribution < 1.29 is 0 Å². The van der Waals surface area contributed by atoms with Gasteiger partial charge in [0.25, 0.3) is 0 Å². The van der Waals surface area contributed by atoms with Gasteiger partial charge in [-0.1, -0.05) is 13.0 Å². The maximum absolute atomic E-state index is 5.41. The van der Waals surface area contributed by atoms with Crippen LogP contribution in [0.5, 0.6) is 0 Å². The largest absolute Gasteiger partial charge is 0.330 e. The Balaban J connectivity index is 3.36. The van der Waals surface area contributed by atoms with Gasteiger partial charge in [0.05, 0.1) is 0 Å². The first-order valence-corrected chi connectivity index (χ1v) is 4.63. The molecule has 1 nitrogen and oxygen atoms in total. The minimum atomic E-state index is 0.557. The zero-order valence-corrected chi connectivity index (χ0v) is 7.66. The van der Waals surface area contributed by atoms with E-state index in [0.29, 0.717) is 10.5 Å². The molecule has 0 amide bonds. The summed E-state index contributed by atoms with van der Waals surface area (Å²) in [6.45, 7) is 8.87. The predicted molar refractivity (Wildman–Crippen MR) is 50.4 cm³/mol. The second-order valence-electron chi connectivity index (χ2n) is 2.46. The average Bonchev–Trinajstić information content (AvgIpc) is 1.88. The van der Waals surface area contributed by atoms with Crippen molar-refractivity contribution in [2.75, 3.05) is 6.54 Å². The Labute approximate surface area is 68.1 Å². The first kappa shape index (κ1) is 10.0. The van der Waals surface area contributed by atoms with Crippen molar-refractivity contribution in [3.8, 4) is 0 Å². The van der Waals surface area contributed by atoms with E-state index in [4.69, 9.17) is 5.73 Å². The molecule has 0 saturated heterocycles. The Hall–Kier alpha value is 0.0500. The molecule has 0 aromatic carbocycles. The molecule has 0 aromatic heterocycles. The molecule has 2 N–H and O–H groups in total. The fourth-order valence-corrected chi connectivity index (χ4v) is 1.84. The third-order valence-corrected chi connectivity index (χ3v) is 2.67.